The van der Waals surface area contributed by atoms with Gasteiger partial charge in [0, 0.05) is 28.8 Å². The Kier molecular flexibility index (Phi) is 5.19. The Bertz CT molecular complexity index is 1200. The van der Waals surface area contributed by atoms with Crippen molar-refractivity contribution in [3.05, 3.63) is 62.7 Å². The number of methoxy groups -OCH3 is 1. The Balaban J connectivity index is 1.70. The molecule has 2 aromatic carbocycles. The molecule has 4 atom stereocenters. The highest BCUT2D eigenvalue weighted by Crippen LogP contribution is 2.58. The molecule has 8 nitrogen and oxygen atoms in total. The average Bonchev–Trinajstić information content (AvgIpc) is 3.45. The highest BCUT2D eigenvalue weighted by molar-refractivity contribution is 6.32. The van der Waals surface area contributed by atoms with E-state index >= 15 is 0 Å². The fraction of sp³-hybridized carbons (Fsp3) is 0.375. The summed E-state index contributed by atoms with van der Waals surface area (Å²) in [6.45, 7) is 0.605. The zero-order chi connectivity index (χ0) is 23.3. The molecule has 3 aliphatic heterocycles. The van der Waals surface area contributed by atoms with Gasteiger partial charge in [0.15, 0.2) is 17.0 Å². The Morgan fingerprint density at radius 2 is 2.18 bits per heavy atom. The number of nitrogens with one attached hydrogen (secondary N) is 1. The lowest BCUT2D eigenvalue weighted by Gasteiger charge is -2.32. The van der Waals surface area contributed by atoms with Gasteiger partial charge in [-0.25, -0.2) is 0 Å². The number of carbonyl (C=O) groups excluding carboxylic acids is 1. The lowest BCUT2D eigenvalue weighted by atomic mass is 9.77. The number of hydrogen-bond acceptors (Lipinski definition) is 6. The molecule has 1 spiro atoms. The molecule has 2 aromatic rings. The molecule has 33 heavy (non-hydrogen) atoms. The van der Waals surface area contributed by atoms with Gasteiger partial charge >= 0.3 is 0 Å². The molecule has 9 heteroatoms. The highest BCUT2D eigenvalue weighted by atomic mass is 35.5. The number of para-hydroxylation sites is 1. The van der Waals surface area contributed by atoms with Crippen LogP contribution in [-0.4, -0.2) is 48.1 Å². The zero-order valence-electron chi connectivity index (χ0n) is 17.9. The van der Waals surface area contributed by atoms with Crippen LogP contribution in [0, 0.1) is 22.5 Å². The second-order valence-corrected chi connectivity index (χ2v) is 8.86. The van der Waals surface area contributed by atoms with E-state index in [1.165, 1.54) is 7.11 Å². The number of hydrogen-bond donors (Lipinski definition) is 1. The fourth-order valence-corrected chi connectivity index (χ4v) is 6.24. The number of carbonyl (C=O) groups is 1. The third-order valence-electron chi connectivity index (χ3n) is 7.03. The maximum Gasteiger partial charge on any atom is 0.256 e. The summed E-state index contributed by atoms with van der Waals surface area (Å²) in [6.07, 6.45) is 6.88. The predicted octanol–water partition coefficient (Wildman–Crippen LogP) is 3.42. The molecule has 5 rings (SSSR count). The van der Waals surface area contributed by atoms with Crippen molar-refractivity contribution in [1.82, 2.24) is 4.90 Å². The standard InChI is InChI=1S/C24H22ClN3O5/c1-3-11-33-21-16(25)12-14(13-19(21)32-2)20-18-9-6-10-27(18)24(22(20)28(30)31)15-7-4-5-8-17(15)26-23(24)29/h1,4-5,7-8,12-13,18,20,22H,6,9-11H2,2H3,(H,26,29)/t18-,20+,22+,24-/m0/s1. The minimum atomic E-state index is -1.38. The number of anilines is 1. The van der Waals surface area contributed by atoms with Gasteiger partial charge in [-0.3, -0.25) is 19.8 Å². The van der Waals surface area contributed by atoms with Crippen LogP contribution in [0.15, 0.2) is 36.4 Å². The van der Waals surface area contributed by atoms with E-state index in [2.05, 4.69) is 11.2 Å². The number of amides is 1. The summed E-state index contributed by atoms with van der Waals surface area (Å²) in [5.74, 6) is 2.09. The summed E-state index contributed by atoms with van der Waals surface area (Å²) in [6, 6.07) is 9.21. The fourth-order valence-electron chi connectivity index (χ4n) is 5.96. The summed E-state index contributed by atoms with van der Waals surface area (Å²) in [4.78, 5) is 27.9. The van der Waals surface area contributed by atoms with Gasteiger partial charge in [-0.2, -0.15) is 0 Å². The molecule has 3 aliphatic rings. The molecule has 1 amide bonds. The lowest BCUT2D eigenvalue weighted by Crippen LogP contribution is -2.55. The summed E-state index contributed by atoms with van der Waals surface area (Å²) < 4.78 is 11.0. The van der Waals surface area contributed by atoms with Crippen molar-refractivity contribution in [3.8, 4) is 23.8 Å². The number of nitro groups is 1. The largest absolute Gasteiger partial charge is 0.493 e. The molecule has 0 aliphatic carbocycles. The van der Waals surface area contributed by atoms with Crippen LogP contribution < -0.4 is 14.8 Å². The van der Waals surface area contributed by atoms with Crippen LogP contribution in [0.1, 0.15) is 29.9 Å². The van der Waals surface area contributed by atoms with Crippen LogP contribution in [0.25, 0.3) is 0 Å². The van der Waals surface area contributed by atoms with Gasteiger partial charge in [-0.1, -0.05) is 35.7 Å². The molecule has 0 aromatic heterocycles. The Morgan fingerprint density at radius 3 is 2.91 bits per heavy atom. The van der Waals surface area contributed by atoms with Crippen LogP contribution in [0.4, 0.5) is 5.69 Å². The number of ether oxygens (including phenoxy) is 2. The van der Waals surface area contributed by atoms with Crippen LogP contribution >= 0.6 is 11.6 Å². The third kappa shape index (κ3) is 2.93. The number of halogens is 1. The maximum atomic E-state index is 13.5. The first kappa shape index (κ1) is 21.6. The average molecular weight is 468 g/mol. The SMILES string of the molecule is C#CCOc1c(Cl)cc([C@@H]2[C@@H]3CCCN3[C@]3(C(=O)Nc4ccccc43)[C@@H]2[N+](=O)[O-])cc1OC. The van der Waals surface area contributed by atoms with Crippen molar-refractivity contribution in [2.75, 3.05) is 25.6 Å². The van der Waals surface area contributed by atoms with Crippen molar-refractivity contribution < 1.29 is 19.2 Å². The first-order chi connectivity index (χ1) is 15.9. The maximum absolute atomic E-state index is 13.5. The number of rotatable bonds is 5. The molecule has 1 N–H and O–H groups in total. The van der Waals surface area contributed by atoms with Crippen molar-refractivity contribution in [2.24, 2.45) is 0 Å². The number of terminal acetylenes is 1. The summed E-state index contributed by atoms with van der Waals surface area (Å²) in [5.41, 5.74) is 0.523. The second kappa shape index (κ2) is 7.94. The van der Waals surface area contributed by atoms with Gasteiger partial charge in [0.25, 0.3) is 11.9 Å². The van der Waals surface area contributed by atoms with Crippen LogP contribution in [0.5, 0.6) is 11.5 Å². The second-order valence-electron chi connectivity index (χ2n) is 8.45. The van der Waals surface area contributed by atoms with E-state index in [1.807, 2.05) is 23.1 Å². The van der Waals surface area contributed by atoms with Crippen molar-refractivity contribution >= 4 is 23.2 Å². The van der Waals surface area contributed by atoms with Crippen LogP contribution in [-0.2, 0) is 10.3 Å². The number of benzene rings is 2. The van der Waals surface area contributed by atoms with Gasteiger partial charge in [0.05, 0.1) is 18.1 Å². The zero-order valence-corrected chi connectivity index (χ0v) is 18.7. The number of fused-ring (bicyclic) bond motifs is 4. The Hall–Kier alpha value is -3.28. The molecule has 0 bridgehead atoms. The normalized spacial score (nSPS) is 27.7. The van der Waals surface area contributed by atoms with Crippen LogP contribution in [0.2, 0.25) is 5.02 Å². The van der Waals surface area contributed by atoms with Gasteiger partial charge in [-0.05, 0) is 36.6 Å². The quantitative estimate of drug-likeness (QED) is 0.411. The van der Waals surface area contributed by atoms with E-state index in [0.717, 1.165) is 12.8 Å². The Labute approximate surface area is 196 Å². The molecule has 0 unspecified atom stereocenters. The lowest BCUT2D eigenvalue weighted by molar-refractivity contribution is -0.534. The molecule has 0 saturated carbocycles. The van der Waals surface area contributed by atoms with E-state index in [0.29, 0.717) is 34.9 Å². The summed E-state index contributed by atoms with van der Waals surface area (Å²) in [7, 11) is 1.47. The first-order valence-electron chi connectivity index (χ1n) is 10.7. The van der Waals surface area contributed by atoms with E-state index in [9.17, 15) is 14.9 Å². The van der Waals surface area contributed by atoms with Gasteiger partial charge in [0.2, 0.25) is 0 Å². The van der Waals surface area contributed by atoms with Crippen LogP contribution in [0.3, 0.4) is 0 Å². The monoisotopic (exact) mass is 467 g/mol. The van der Waals surface area contributed by atoms with E-state index in [1.54, 1.807) is 18.2 Å². The van der Waals surface area contributed by atoms with Gasteiger partial charge in [-0.15, -0.1) is 6.42 Å². The van der Waals surface area contributed by atoms with Crippen molar-refractivity contribution in [2.45, 2.75) is 36.4 Å². The smallest absolute Gasteiger partial charge is 0.256 e. The van der Waals surface area contributed by atoms with Gasteiger partial charge < -0.3 is 14.8 Å². The summed E-state index contributed by atoms with van der Waals surface area (Å²) in [5, 5.41) is 15.8. The van der Waals surface area contributed by atoms with Crippen molar-refractivity contribution in [1.29, 1.82) is 0 Å². The minimum absolute atomic E-state index is 0.00679. The van der Waals surface area contributed by atoms with E-state index in [4.69, 9.17) is 27.5 Å². The van der Waals surface area contributed by atoms with E-state index in [-0.39, 0.29) is 28.5 Å². The topological polar surface area (TPSA) is 93.9 Å². The summed E-state index contributed by atoms with van der Waals surface area (Å²) >= 11 is 6.52. The van der Waals surface area contributed by atoms with Gasteiger partial charge in [0.1, 0.15) is 6.61 Å². The molecule has 3 heterocycles. The molecular formula is C24H22ClN3O5. The molecule has 2 fully saturated rings. The minimum Gasteiger partial charge on any atom is -0.493 e. The molecular weight excluding hydrogens is 446 g/mol. The molecule has 170 valence electrons. The number of nitrogens with zero attached hydrogens (tertiary/aromatic N) is 2. The van der Waals surface area contributed by atoms with E-state index < -0.39 is 17.5 Å². The third-order valence-corrected chi connectivity index (χ3v) is 7.31. The first-order valence-corrected chi connectivity index (χ1v) is 11.1. The molecule has 2 saturated heterocycles. The predicted molar refractivity (Wildman–Crippen MR) is 122 cm³/mol. The Morgan fingerprint density at radius 1 is 1.39 bits per heavy atom. The highest BCUT2D eigenvalue weighted by Gasteiger charge is 2.73. The molecule has 0 radical (unpaired) electrons. The van der Waals surface area contributed by atoms with Crippen molar-refractivity contribution in [3.63, 3.8) is 0 Å².